The molecule has 1 aromatic rings. The van der Waals surface area contributed by atoms with Crippen LogP contribution in [0.4, 0.5) is 5.69 Å². The van der Waals surface area contributed by atoms with Crippen LogP contribution in [-0.4, -0.2) is 22.2 Å². The Hall–Kier alpha value is -1.37. The van der Waals surface area contributed by atoms with E-state index in [1.54, 1.807) is 0 Å². The molecule has 0 aliphatic carbocycles. The fraction of sp³-hybridized carbons (Fsp3) is 0.500. The van der Waals surface area contributed by atoms with Crippen LogP contribution in [0.3, 0.4) is 0 Å². The molecule has 0 radical (unpaired) electrons. The van der Waals surface area contributed by atoms with Crippen molar-refractivity contribution >= 4 is 27.5 Å². The fourth-order valence-corrected chi connectivity index (χ4v) is 1.69. The molecule has 1 aromatic heterocycles. The van der Waals surface area contributed by atoms with E-state index in [1.807, 2.05) is 13.8 Å². The molecule has 0 aromatic carbocycles. The van der Waals surface area contributed by atoms with Crippen LogP contribution in [-0.2, 0) is 11.3 Å². The summed E-state index contributed by atoms with van der Waals surface area (Å²) < 4.78 is 1.74. The molecule has 1 rings (SSSR count). The minimum Gasteiger partial charge on any atom is -0.374 e. The lowest BCUT2D eigenvalue weighted by atomic mass is 10.2. The first-order chi connectivity index (χ1) is 7.91. The van der Waals surface area contributed by atoms with E-state index in [0.717, 1.165) is 0 Å². The second-order valence-corrected chi connectivity index (χ2v) is 4.87. The quantitative estimate of drug-likeness (QED) is 0.831. The molecule has 0 spiro atoms. The average molecular weight is 303 g/mol. The van der Waals surface area contributed by atoms with Crippen molar-refractivity contribution in [3.8, 4) is 0 Å². The van der Waals surface area contributed by atoms with E-state index >= 15 is 0 Å². The summed E-state index contributed by atoms with van der Waals surface area (Å²) in [5.41, 5.74) is 5.24. The number of carbonyl (C=O) groups excluding carboxylic acids is 1. The molecule has 7 heteroatoms. The molecule has 3 N–H and O–H groups in total. The normalized spacial score (nSPS) is 10.6. The van der Waals surface area contributed by atoms with E-state index in [0.29, 0.717) is 22.6 Å². The van der Waals surface area contributed by atoms with Gasteiger partial charge in [-0.2, -0.15) is 5.10 Å². The molecule has 0 saturated carbocycles. The maximum absolute atomic E-state index is 11.9. The van der Waals surface area contributed by atoms with E-state index in [4.69, 9.17) is 5.73 Å². The second-order valence-electron chi connectivity index (χ2n) is 4.07. The van der Waals surface area contributed by atoms with Gasteiger partial charge in [0.2, 0.25) is 5.91 Å². The molecule has 0 unspecified atom stereocenters. The van der Waals surface area contributed by atoms with Crippen molar-refractivity contribution in [1.29, 1.82) is 0 Å². The van der Waals surface area contributed by atoms with Crippen LogP contribution in [0.5, 0.6) is 0 Å². The molecule has 1 heterocycles. The zero-order chi connectivity index (χ0) is 13.0. The van der Waals surface area contributed by atoms with Crippen LogP contribution >= 0.6 is 15.9 Å². The molecule has 0 saturated heterocycles. The Kier molecular flexibility index (Phi) is 4.68. The maximum atomic E-state index is 11.9. The molecule has 0 aliphatic rings. The van der Waals surface area contributed by atoms with Crippen molar-refractivity contribution in [3.05, 3.63) is 21.0 Å². The molecule has 0 bridgehead atoms. The Balaban J connectivity index is 2.94. The Labute approximate surface area is 107 Å². The van der Waals surface area contributed by atoms with Gasteiger partial charge < -0.3 is 11.1 Å². The van der Waals surface area contributed by atoms with Gasteiger partial charge in [0.25, 0.3) is 5.56 Å². The van der Waals surface area contributed by atoms with Crippen LogP contribution in [0, 0.1) is 5.92 Å². The van der Waals surface area contributed by atoms with Crippen molar-refractivity contribution in [1.82, 2.24) is 9.78 Å². The highest BCUT2D eigenvalue weighted by Gasteiger charge is 2.09. The fourth-order valence-electron chi connectivity index (χ4n) is 1.25. The van der Waals surface area contributed by atoms with E-state index in [-0.39, 0.29) is 12.1 Å². The summed E-state index contributed by atoms with van der Waals surface area (Å²) in [6.45, 7) is 4.52. The minimum atomic E-state index is -0.497. The standard InChI is InChI=1S/C10H15BrN4O2/c1-6(2)5-15-10(17)9(11)7(3-14-15)13-4-8(12)16/h3,6,13H,4-5H2,1-2H3,(H2,12,16). The smallest absolute Gasteiger partial charge is 0.283 e. The number of hydrogen-bond acceptors (Lipinski definition) is 4. The van der Waals surface area contributed by atoms with Gasteiger partial charge >= 0.3 is 0 Å². The topological polar surface area (TPSA) is 90.0 Å². The summed E-state index contributed by atoms with van der Waals surface area (Å²) in [4.78, 5) is 22.5. The highest BCUT2D eigenvalue weighted by atomic mass is 79.9. The second kappa shape index (κ2) is 5.81. The first-order valence-corrected chi connectivity index (χ1v) is 5.99. The zero-order valence-corrected chi connectivity index (χ0v) is 11.3. The lowest BCUT2D eigenvalue weighted by molar-refractivity contribution is -0.116. The van der Waals surface area contributed by atoms with Gasteiger partial charge in [0.1, 0.15) is 4.47 Å². The third-order valence-electron chi connectivity index (χ3n) is 1.98. The lowest BCUT2D eigenvalue weighted by Crippen LogP contribution is -2.28. The lowest BCUT2D eigenvalue weighted by Gasteiger charge is -2.10. The molecule has 1 amide bonds. The minimum absolute atomic E-state index is 0.0338. The number of halogens is 1. The number of primary amides is 1. The molecule has 0 aliphatic heterocycles. The van der Waals surface area contributed by atoms with E-state index in [1.165, 1.54) is 10.9 Å². The van der Waals surface area contributed by atoms with Crippen molar-refractivity contribution in [2.24, 2.45) is 11.7 Å². The number of hydrogen-bond donors (Lipinski definition) is 2. The van der Waals surface area contributed by atoms with Crippen LogP contribution in [0.2, 0.25) is 0 Å². The predicted octanol–water partition coefficient (Wildman–Crippen LogP) is 0.559. The van der Waals surface area contributed by atoms with Crippen molar-refractivity contribution < 1.29 is 4.79 Å². The third kappa shape index (κ3) is 3.85. The summed E-state index contributed by atoms with van der Waals surface area (Å²) >= 11 is 3.18. The number of rotatable bonds is 5. The Bertz CT molecular complexity index is 470. The number of amides is 1. The van der Waals surface area contributed by atoms with E-state index < -0.39 is 5.91 Å². The SMILES string of the molecule is CC(C)Cn1ncc(NCC(N)=O)c(Br)c1=O. The summed E-state index contributed by atoms with van der Waals surface area (Å²) in [5, 5.41) is 6.75. The predicted molar refractivity (Wildman–Crippen MR) is 68.7 cm³/mol. The van der Waals surface area contributed by atoms with Gasteiger partial charge in [-0.1, -0.05) is 13.8 Å². The zero-order valence-electron chi connectivity index (χ0n) is 9.74. The number of nitrogens with two attached hydrogens (primary N) is 1. The molecule has 0 fully saturated rings. The number of aromatic nitrogens is 2. The first-order valence-electron chi connectivity index (χ1n) is 5.19. The monoisotopic (exact) mass is 302 g/mol. The first kappa shape index (κ1) is 13.7. The largest absolute Gasteiger partial charge is 0.374 e. The summed E-state index contributed by atoms with van der Waals surface area (Å²) in [7, 11) is 0. The molecular weight excluding hydrogens is 288 g/mol. The molecule has 0 atom stereocenters. The highest BCUT2D eigenvalue weighted by Crippen LogP contribution is 2.15. The van der Waals surface area contributed by atoms with Crippen LogP contribution in [0.15, 0.2) is 15.5 Å². The van der Waals surface area contributed by atoms with Gasteiger partial charge in [-0.25, -0.2) is 4.68 Å². The Morgan fingerprint density at radius 3 is 2.82 bits per heavy atom. The van der Waals surface area contributed by atoms with Gasteiger partial charge in [0.15, 0.2) is 0 Å². The average Bonchev–Trinajstić information content (AvgIpc) is 2.23. The van der Waals surface area contributed by atoms with Crippen molar-refractivity contribution in [2.75, 3.05) is 11.9 Å². The number of carbonyl (C=O) groups is 1. The van der Waals surface area contributed by atoms with Crippen LogP contribution < -0.4 is 16.6 Å². The van der Waals surface area contributed by atoms with Gasteiger partial charge in [-0.3, -0.25) is 9.59 Å². The highest BCUT2D eigenvalue weighted by molar-refractivity contribution is 9.10. The van der Waals surface area contributed by atoms with Gasteiger partial charge in [0.05, 0.1) is 18.4 Å². The Morgan fingerprint density at radius 2 is 2.29 bits per heavy atom. The van der Waals surface area contributed by atoms with Crippen LogP contribution in [0.1, 0.15) is 13.8 Å². The molecule has 17 heavy (non-hydrogen) atoms. The summed E-state index contributed by atoms with van der Waals surface area (Å²) in [6, 6.07) is 0. The summed E-state index contributed by atoms with van der Waals surface area (Å²) in [5.74, 6) is -0.167. The Morgan fingerprint density at radius 1 is 1.65 bits per heavy atom. The van der Waals surface area contributed by atoms with Crippen molar-refractivity contribution in [3.63, 3.8) is 0 Å². The number of nitrogens with one attached hydrogen (secondary N) is 1. The van der Waals surface area contributed by atoms with Gasteiger partial charge in [-0.05, 0) is 21.8 Å². The molecule has 6 nitrogen and oxygen atoms in total. The van der Waals surface area contributed by atoms with Crippen LogP contribution in [0.25, 0.3) is 0 Å². The van der Waals surface area contributed by atoms with Crippen molar-refractivity contribution in [2.45, 2.75) is 20.4 Å². The maximum Gasteiger partial charge on any atom is 0.283 e. The number of anilines is 1. The van der Waals surface area contributed by atoms with E-state index in [9.17, 15) is 9.59 Å². The molecular formula is C10H15BrN4O2. The third-order valence-corrected chi connectivity index (χ3v) is 2.74. The van der Waals surface area contributed by atoms with E-state index in [2.05, 4.69) is 26.3 Å². The molecule has 94 valence electrons. The number of nitrogens with zero attached hydrogens (tertiary/aromatic N) is 2. The summed E-state index contributed by atoms with van der Waals surface area (Å²) in [6.07, 6.45) is 1.50. The van der Waals surface area contributed by atoms with Gasteiger partial charge in [-0.15, -0.1) is 0 Å². The van der Waals surface area contributed by atoms with Gasteiger partial charge in [0, 0.05) is 6.54 Å².